The third kappa shape index (κ3) is 3.25. The number of carbonyl (C=O) groups is 2. The summed E-state index contributed by atoms with van der Waals surface area (Å²) in [6.45, 7) is 6.72. The number of hydrogen-bond acceptors (Lipinski definition) is 5. The number of fused-ring (bicyclic) bond motifs is 2. The van der Waals surface area contributed by atoms with Crippen LogP contribution in [0, 0.1) is 0 Å². The molecule has 1 saturated heterocycles. The second kappa shape index (κ2) is 5.76. The van der Waals surface area contributed by atoms with Crippen LogP contribution in [0.5, 0.6) is 0 Å². The van der Waals surface area contributed by atoms with Crippen LogP contribution in [0.25, 0.3) is 0 Å². The fraction of sp³-hybridized carbons (Fsp3) is 0.625. The van der Waals surface area contributed by atoms with E-state index < -0.39 is 11.2 Å². The fourth-order valence-electron chi connectivity index (χ4n) is 3.00. The summed E-state index contributed by atoms with van der Waals surface area (Å²) in [7, 11) is 0. The second-order valence-electron chi connectivity index (χ2n) is 6.97. The van der Waals surface area contributed by atoms with Gasteiger partial charge in [-0.1, -0.05) is 11.6 Å². The Morgan fingerprint density at radius 1 is 1.39 bits per heavy atom. The molecule has 1 spiro atoms. The van der Waals surface area contributed by atoms with Crippen LogP contribution in [0.3, 0.4) is 0 Å². The number of carbonyl (C=O) groups excluding carboxylic acids is 2. The molecule has 0 aromatic carbocycles. The van der Waals surface area contributed by atoms with Crippen molar-refractivity contribution in [3.8, 4) is 0 Å². The standard InChI is InChI=1S/C16H20ClNO4S/c1-15(2,3)22-14(20)18-6-4-16(5-7-18)13-10(8-12(17)23-13)11(19)9-21-16/h8H,4-7,9H2,1-3H3. The van der Waals surface area contributed by atoms with E-state index in [0.29, 0.717) is 35.8 Å². The first-order valence-corrected chi connectivity index (χ1v) is 8.85. The minimum Gasteiger partial charge on any atom is -0.444 e. The van der Waals surface area contributed by atoms with Gasteiger partial charge in [-0.05, 0) is 39.7 Å². The molecule has 5 nitrogen and oxygen atoms in total. The maximum atomic E-state index is 12.2. The first-order valence-electron chi connectivity index (χ1n) is 7.65. The summed E-state index contributed by atoms with van der Waals surface area (Å²) in [6, 6.07) is 1.73. The summed E-state index contributed by atoms with van der Waals surface area (Å²) in [5.41, 5.74) is -0.328. The van der Waals surface area contributed by atoms with Gasteiger partial charge < -0.3 is 14.4 Å². The number of halogens is 1. The van der Waals surface area contributed by atoms with Crippen LogP contribution in [0.15, 0.2) is 6.07 Å². The van der Waals surface area contributed by atoms with Gasteiger partial charge in [0.1, 0.15) is 17.8 Å². The van der Waals surface area contributed by atoms with Crippen molar-refractivity contribution in [2.45, 2.75) is 44.8 Å². The Morgan fingerprint density at radius 3 is 2.65 bits per heavy atom. The SMILES string of the molecule is CC(C)(C)OC(=O)N1CCC2(CC1)OCC(=O)c1cc(Cl)sc12. The Hall–Kier alpha value is -1.11. The van der Waals surface area contributed by atoms with Crippen molar-refractivity contribution in [1.82, 2.24) is 4.90 Å². The van der Waals surface area contributed by atoms with Crippen LogP contribution in [0.1, 0.15) is 48.8 Å². The van der Waals surface area contributed by atoms with Gasteiger partial charge in [0, 0.05) is 23.5 Å². The Bertz CT molecular complexity index is 641. The van der Waals surface area contributed by atoms with Crippen LogP contribution in [0.4, 0.5) is 4.79 Å². The lowest BCUT2D eigenvalue weighted by molar-refractivity contribution is -0.0847. The summed E-state index contributed by atoms with van der Waals surface area (Å²) in [5.74, 6) is -0.0247. The van der Waals surface area contributed by atoms with E-state index in [-0.39, 0.29) is 18.5 Å². The van der Waals surface area contributed by atoms with E-state index in [1.165, 1.54) is 11.3 Å². The monoisotopic (exact) mass is 357 g/mol. The average Bonchev–Trinajstić information content (AvgIpc) is 2.86. The predicted octanol–water partition coefficient (Wildman–Crippen LogP) is 3.84. The van der Waals surface area contributed by atoms with Gasteiger partial charge in [0.15, 0.2) is 5.78 Å². The molecule has 0 atom stereocenters. The van der Waals surface area contributed by atoms with Crippen molar-refractivity contribution in [3.63, 3.8) is 0 Å². The number of rotatable bonds is 0. The van der Waals surface area contributed by atoms with Gasteiger partial charge in [0.25, 0.3) is 0 Å². The summed E-state index contributed by atoms with van der Waals surface area (Å²) in [5, 5.41) is 0. The Balaban J connectivity index is 1.75. The van der Waals surface area contributed by atoms with Crippen LogP contribution in [-0.4, -0.2) is 42.1 Å². The lowest BCUT2D eigenvalue weighted by Crippen LogP contribution is -2.49. The molecule has 1 aromatic rings. The van der Waals surface area contributed by atoms with Gasteiger partial charge in [-0.3, -0.25) is 4.79 Å². The molecule has 2 aliphatic heterocycles. The highest BCUT2D eigenvalue weighted by Crippen LogP contribution is 2.46. The van der Waals surface area contributed by atoms with E-state index in [1.54, 1.807) is 11.0 Å². The van der Waals surface area contributed by atoms with E-state index in [4.69, 9.17) is 21.1 Å². The Morgan fingerprint density at radius 2 is 2.04 bits per heavy atom. The normalized spacial score (nSPS) is 20.5. The van der Waals surface area contributed by atoms with Gasteiger partial charge in [-0.2, -0.15) is 0 Å². The Kier molecular flexibility index (Phi) is 4.19. The number of ketones is 1. The highest BCUT2D eigenvalue weighted by Gasteiger charge is 2.45. The van der Waals surface area contributed by atoms with E-state index in [9.17, 15) is 9.59 Å². The third-order valence-corrected chi connectivity index (χ3v) is 5.57. The van der Waals surface area contributed by atoms with Crippen molar-refractivity contribution in [2.75, 3.05) is 19.7 Å². The zero-order chi connectivity index (χ0) is 16.8. The summed E-state index contributed by atoms with van der Waals surface area (Å²) < 4.78 is 11.9. The molecular weight excluding hydrogens is 338 g/mol. The Labute approximate surface area is 144 Å². The molecule has 1 aromatic heterocycles. The van der Waals surface area contributed by atoms with Crippen molar-refractivity contribution in [3.05, 3.63) is 20.8 Å². The number of Topliss-reactive ketones (excluding diaryl/α,β-unsaturated/α-hetero) is 1. The van der Waals surface area contributed by atoms with E-state index in [1.807, 2.05) is 20.8 Å². The minimum atomic E-state index is -0.506. The minimum absolute atomic E-state index is 0.0247. The maximum absolute atomic E-state index is 12.2. The molecule has 126 valence electrons. The number of thiophene rings is 1. The van der Waals surface area contributed by atoms with E-state index in [0.717, 1.165) is 4.88 Å². The quantitative estimate of drug-likeness (QED) is 0.707. The van der Waals surface area contributed by atoms with E-state index >= 15 is 0 Å². The molecule has 0 aliphatic carbocycles. The smallest absolute Gasteiger partial charge is 0.410 e. The first kappa shape index (κ1) is 16.7. The molecule has 23 heavy (non-hydrogen) atoms. The van der Waals surface area contributed by atoms with Crippen molar-refractivity contribution in [2.24, 2.45) is 0 Å². The average molecular weight is 358 g/mol. The zero-order valence-corrected chi connectivity index (χ0v) is 15.1. The number of hydrogen-bond donors (Lipinski definition) is 0. The maximum Gasteiger partial charge on any atom is 0.410 e. The molecular formula is C16H20ClNO4S. The third-order valence-electron chi connectivity index (χ3n) is 4.12. The van der Waals surface area contributed by atoms with Crippen molar-refractivity contribution in [1.29, 1.82) is 0 Å². The van der Waals surface area contributed by atoms with Gasteiger partial charge in [-0.15, -0.1) is 11.3 Å². The molecule has 3 rings (SSSR count). The second-order valence-corrected chi connectivity index (χ2v) is 8.65. The molecule has 2 aliphatic rings. The van der Waals surface area contributed by atoms with E-state index in [2.05, 4.69) is 0 Å². The summed E-state index contributed by atoms with van der Waals surface area (Å²) in [4.78, 5) is 26.8. The zero-order valence-electron chi connectivity index (χ0n) is 13.5. The topological polar surface area (TPSA) is 55.8 Å². The molecule has 0 N–H and O–H groups in total. The molecule has 3 heterocycles. The molecule has 7 heteroatoms. The van der Waals surface area contributed by atoms with Crippen LogP contribution in [-0.2, 0) is 15.1 Å². The van der Waals surface area contributed by atoms with Crippen molar-refractivity contribution < 1.29 is 19.1 Å². The molecule has 0 radical (unpaired) electrons. The number of amides is 1. The number of nitrogens with zero attached hydrogens (tertiary/aromatic N) is 1. The van der Waals surface area contributed by atoms with Gasteiger partial charge >= 0.3 is 6.09 Å². The molecule has 0 bridgehead atoms. The van der Waals surface area contributed by atoms with Gasteiger partial charge in [-0.25, -0.2) is 4.79 Å². The summed E-state index contributed by atoms with van der Waals surface area (Å²) >= 11 is 7.50. The predicted molar refractivity (Wildman–Crippen MR) is 88.3 cm³/mol. The largest absolute Gasteiger partial charge is 0.444 e. The lowest BCUT2D eigenvalue weighted by atomic mass is 9.85. The summed E-state index contributed by atoms with van der Waals surface area (Å²) in [6.07, 6.45) is 0.982. The van der Waals surface area contributed by atoms with Crippen LogP contribution < -0.4 is 0 Å². The highest BCUT2D eigenvalue weighted by atomic mass is 35.5. The highest BCUT2D eigenvalue weighted by molar-refractivity contribution is 7.16. The number of likely N-dealkylation sites (tertiary alicyclic amines) is 1. The molecule has 0 saturated carbocycles. The first-order chi connectivity index (χ1) is 10.7. The van der Waals surface area contributed by atoms with Gasteiger partial charge in [0.05, 0.1) is 4.34 Å². The van der Waals surface area contributed by atoms with Crippen LogP contribution in [0.2, 0.25) is 4.34 Å². The van der Waals surface area contributed by atoms with Crippen LogP contribution >= 0.6 is 22.9 Å². The van der Waals surface area contributed by atoms with Crippen molar-refractivity contribution >= 4 is 34.8 Å². The molecule has 1 amide bonds. The molecule has 0 unspecified atom stereocenters. The number of ether oxygens (including phenoxy) is 2. The lowest BCUT2D eigenvalue weighted by Gasteiger charge is -2.43. The van der Waals surface area contributed by atoms with Gasteiger partial charge in [0.2, 0.25) is 0 Å². The fourth-order valence-corrected chi connectivity index (χ4v) is 4.45. The number of piperidine rings is 1. The molecule has 1 fully saturated rings.